The Kier molecular flexibility index (Phi) is 5.54. The molecule has 2 aromatic rings. The zero-order chi connectivity index (χ0) is 19.5. The van der Waals surface area contributed by atoms with Gasteiger partial charge >= 0.3 is 6.03 Å². The molecule has 0 spiro atoms. The minimum atomic E-state index is -0.448. The Balaban J connectivity index is 1.41. The van der Waals surface area contributed by atoms with E-state index in [1.54, 1.807) is 23.1 Å². The van der Waals surface area contributed by atoms with E-state index >= 15 is 0 Å². The van der Waals surface area contributed by atoms with Crippen molar-refractivity contribution in [2.75, 3.05) is 45.1 Å². The summed E-state index contributed by atoms with van der Waals surface area (Å²) in [5, 5.41) is 10.2. The monoisotopic (exact) mass is 388 g/mol. The number of piperidine rings is 1. The molecule has 9 heteroatoms. The van der Waals surface area contributed by atoms with E-state index in [0.717, 1.165) is 32.5 Å². The molecule has 2 atom stereocenters. The fraction of sp³-hybridized carbons (Fsp3) is 0.526. The van der Waals surface area contributed by atoms with Gasteiger partial charge in [0, 0.05) is 32.7 Å². The molecule has 28 heavy (non-hydrogen) atoms. The van der Waals surface area contributed by atoms with Gasteiger partial charge in [-0.1, -0.05) is 17.3 Å². The van der Waals surface area contributed by atoms with E-state index in [9.17, 15) is 9.18 Å². The van der Waals surface area contributed by atoms with Crippen LogP contribution in [0.3, 0.4) is 0 Å². The van der Waals surface area contributed by atoms with Gasteiger partial charge < -0.3 is 20.1 Å². The number of halogens is 1. The third-order valence-electron chi connectivity index (χ3n) is 5.44. The number of para-hydroxylation sites is 1. The number of amides is 2. The number of rotatable bonds is 3. The van der Waals surface area contributed by atoms with E-state index in [2.05, 4.69) is 32.7 Å². The Bertz CT molecular complexity index is 828. The first-order chi connectivity index (χ1) is 13.6. The van der Waals surface area contributed by atoms with Gasteiger partial charge in [0.2, 0.25) is 5.89 Å². The van der Waals surface area contributed by atoms with Crippen LogP contribution in [0.5, 0.6) is 0 Å². The van der Waals surface area contributed by atoms with Gasteiger partial charge in [-0.05, 0) is 32.0 Å². The Hall–Kier alpha value is -2.52. The molecule has 2 amide bonds. The molecule has 0 bridgehead atoms. The molecule has 3 heterocycles. The van der Waals surface area contributed by atoms with Gasteiger partial charge in [-0.15, -0.1) is 0 Å². The summed E-state index contributed by atoms with van der Waals surface area (Å²) in [4.78, 5) is 21.1. The lowest BCUT2D eigenvalue weighted by Crippen LogP contribution is -2.44. The number of benzene rings is 1. The SMILES string of the molecule is CN1CCNCC1c1noc(C2CCCN(C(=O)Nc3ccccc3F)C2)n1. The van der Waals surface area contributed by atoms with Crippen LogP contribution in [0, 0.1) is 5.82 Å². The molecule has 150 valence electrons. The molecular formula is C19H25FN6O2. The molecule has 2 N–H and O–H groups in total. The van der Waals surface area contributed by atoms with E-state index < -0.39 is 5.82 Å². The maximum absolute atomic E-state index is 13.8. The lowest BCUT2D eigenvalue weighted by molar-refractivity contribution is 0.182. The average Bonchev–Trinajstić information content (AvgIpc) is 3.20. The van der Waals surface area contributed by atoms with Gasteiger partial charge in [-0.25, -0.2) is 9.18 Å². The lowest BCUT2D eigenvalue weighted by Gasteiger charge is -2.31. The Morgan fingerprint density at radius 2 is 2.21 bits per heavy atom. The van der Waals surface area contributed by atoms with Crippen LogP contribution in [0.2, 0.25) is 0 Å². The third kappa shape index (κ3) is 4.00. The number of hydrogen-bond acceptors (Lipinski definition) is 6. The maximum Gasteiger partial charge on any atom is 0.321 e. The van der Waals surface area contributed by atoms with Crippen molar-refractivity contribution >= 4 is 11.7 Å². The van der Waals surface area contributed by atoms with E-state index in [1.807, 2.05) is 0 Å². The second-order valence-electron chi connectivity index (χ2n) is 7.39. The highest BCUT2D eigenvalue weighted by molar-refractivity contribution is 5.89. The topological polar surface area (TPSA) is 86.5 Å². The Morgan fingerprint density at radius 3 is 3.04 bits per heavy atom. The highest BCUT2D eigenvalue weighted by Crippen LogP contribution is 2.28. The third-order valence-corrected chi connectivity index (χ3v) is 5.44. The minimum Gasteiger partial charge on any atom is -0.339 e. The molecular weight excluding hydrogens is 363 g/mol. The lowest BCUT2D eigenvalue weighted by atomic mass is 9.98. The Labute approximate surface area is 163 Å². The highest BCUT2D eigenvalue weighted by Gasteiger charge is 2.31. The van der Waals surface area contributed by atoms with Gasteiger partial charge in [0.25, 0.3) is 0 Å². The van der Waals surface area contributed by atoms with E-state index in [1.165, 1.54) is 6.07 Å². The van der Waals surface area contributed by atoms with Crippen LogP contribution in [0.1, 0.15) is 36.5 Å². The quantitative estimate of drug-likeness (QED) is 0.838. The summed E-state index contributed by atoms with van der Waals surface area (Å²) in [6, 6.07) is 5.93. The highest BCUT2D eigenvalue weighted by atomic mass is 19.1. The molecule has 8 nitrogen and oxygen atoms in total. The number of anilines is 1. The van der Waals surface area contributed by atoms with Gasteiger partial charge in [0.15, 0.2) is 5.82 Å². The summed E-state index contributed by atoms with van der Waals surface area (Å²) in [7, 11) is 2.05. The van der Waals surface area contributed by atoms with Crippen LogP contribution < -0.4 is 10.6 Å². The summed E-state index contributed by atoms with van der Waals surface area (Å²) in [5.41, 5.74) is 0.183. The molecule has 1 aromatic carbocycles. The summed E-state index contributed by atoms with van der Waals surface area (Å²) >= 11 is 0. The maximum atomic E-state index is 13.8. The van der Waals surface area contributed by atoms with Crippen molar-refractivity contribution in [3.63, 3.8) is 0 Å². The number of likely N-dealkylation sites (tertiary alicyclic amines) is 1. The predicted molar refractivity (Wildman–Crippen MR) is 102 cm³/mol. The van der Waals surface area contributed by atoms with Gasteiger partial charge in [0.1, 0.15) is 5.82 Å². The number of nitrogens with zero attached hydrogens (tertiary/aromatic N) is 4. The molecule has 0 aliphatic carbocycles. The number of urea groups is 1. The first-order valence-corrected chi connectivity index (χ1v) is 9.66. The molecule has 1 aromatic heterocycles. The predicted octanol–water partition coefficient (Wildman–Crippen LogP) is 2.20. The summed E-state index contributed by atoms with van der Waals surface area (Å²) in [6.07, 6.45) is 1.71. The van der Waals surface area contributed by atoms with Crippen LogP contribution in [0.15, 0.2) is 28.8 Å². The van der Waals surface area contributed by atoms with Crippen LogP contribution >= 0.6 is 0 Å². The molecule has 2 saturated heterocycles. The van der Waals surface area contributed by atoms with Crippen LogP contribution in [-0.2, 0) is 0 Å². The fourth-order valence-electron chi connectivity index (χ4n) is 3.76. The van der Waals surface area contributed by atoms with Crippen LogP contribution in [-0.4, -0.2) is 65.7 Å². The number of likely N-dealkylation sites (N-methyl/N-ethyl adjacent to an activating group) is 1. The van der Waals surface area contributed by atoms with Crippen molar-refractivity contribution in [1.29, 1.82) is 0 Å². The molecule has 2 aliphatic heterocycles. The van der Waals surface area contributed by atoms with Crippen molar-refractivity contribution in [3.05, 3.63) is 41.8 Å². The van der Waals surface area contributed by atoms with Gasteiger partial charge in [-0.2, -0.15) is 4.98 Å². The zero-order valence-electron chi connectivity index (χ0n) is 15.9. The Morgan fingerprint density at radius 1 is 1.36 bits per heavy atom. The van der Waals surface area contributed by atoms with Crippen molar-refractivity contribution in [2.45, 2.75) is 24.8 Å². The second-order valence-corrected chi connectivity index (χ2v) is 7.39. The molecule has 2 fully saturated rings. The smallest absolute Gasteiger partial charge is 0.321 e. The van der Waals surface area contributed by atoms with E-state index in [0.29, 0.717) is 24.8 Å². The molecule has 2 unspecified atom stereocenters. The van der Waals surface area contributed by atoms with Gasteiger partial charge in [-0.3, -0.25) is 4.90 Å². The average molecular weight is 388 g/mol. The number of nitrogens with one attached hydrogen (secondary N) is 2. The molecule has 2 aliphatic rings. The summed E-state index contributed by atoms with van der Waals surface area (Å²) in [5.74, 6) is 0.786. The molecule has 0 radical (unpaired) electrons. The molecule has 4 rings (SSSR count). The minimum absolute atomic E-state index is 0.0109. The normalized spacial score (nSPS) is 23.6. The second kappa shape index (κ2) is 8.24. The first kappa shape index (κ1) is 18.8. The zero-order valence-corrected chi connectivity index (χ0v) is 15.9. The molecule has 0 saturated carbocycles. The van der Waals surface area contributed by atoms with E-state index in [-0.39, 0.29) is 23.7 Å². The van der Waals surface area contributed by atoms with Crippen LogP contribution in [0.25, 0.3) is 0 Å². The fourth-order valence-corrected chi connectivity index (χ4v) is 3.76. The van der Waals surface area contributed by atoms with Gasteiger partial charge in [0.05, 0.1) is 17.6 Å². The van der Waals surface area contributed by atoms with E-state index in [4.69, 9.17) is 4.52 Å². The standard InChI is InChI=1S/C19H25FN6O2/c1-25-10-8-21-11-16(25)17-23-18(28-24-17)13-5-4-9-26(12-13)19(27)22-15-7-3-2-6-14(15)20/h2-3,6-7,13,16,21H,4-5,8-12H2,1H3,(H,22,27). The van der Waals surface area contributed by atoms with Crippen molar-refractivity contribution in [1.82, 2.24) is 25.3 Å². The number of carbonyl (C=O) groups is 1. The largest absolute Gasteiger partial charge is 0.339 e. The van der Waals surface area contributed by atoms with Crippen LogP contribution in [0.4, 0.5) is 14.9 Å². The van der Waals surface area contributed by atoms with Crippen molar-refractivity contribution < 1.29 is 13.7 Å². The van der Waals surface area contributed by atoms with Crippen molar-refractivity contribution in [2.24, 2.45) is 0 Å². The summed E-state index contributed by atoms with van der Waals surface area (Å²) < 4.78 is 19.3. The van der Waals surface area contributed by atoms with Crippen molar-refractivity contribution in [3.8, 4) is 0 Å². The first-order valence-electron chi connectivity index (χ1n) is 9.66. The summed E-state index contributed by atoms with van der Waals surface area (Å²) in [6.45, 7) is 3.76. The number of hydrogen-bond donors (Lipinski definition) is 2. The number of carbonyl (C=O) groups excluding carboxylic acids is 1. The number of aromatic nitrogens is 2. The number of piperazine rings is 1.